The van der Waals surface area contributed by atoms with E-state index in [4.69, 9.17) is 9.47 Å². The molecule has 1 amide bonds. The van der Waals surface area contributed by atoms with Crippen LogP contribution in [-0.2, 0) is 4.74 Å². The van der Waals surface area contributed by atoms with E-state index in [9.17, 15) is 9.18 Å². The van der Waals surface area contributed by atoms with E-state index in [0.29, 0.717) is 23.7 Å². The predicted molar refractivity (Wildman–Crippen MR) is 87.7 cm³/mol. The molecule has 4 nitrogen and oxygen atoms in total. The molecular weight excluding hydrogens is 297 g/mol. The van der Waals surface area contributed by atoms with Crippen LogP contribution in [0.2, 0.25) is 0 Å². The van der Waals surface area contributed by atoms with Gasteiger partial charge in [0.05, 0.1) is 12.8 Å². The predicted octanol–water partition coefficient (Wildman–Crippen LogP) is 4.45. The zero-order chi connectivity index (χ0) is 17.2. The Morgan fingerprint density at radius 3 is 2.61 bits per heavy atom. The van der Waals surface area contributed by atoms with E-state index in [1.165, 1.54) is 13.2 Å². The highest BCUT2D eigenvalue weighted by Crippen LogP contribution is 2.31. The molecule has 1 aromatic carbocycles. The minimum absolute atomic E-state index is 0.183. The van der Waals surface area contributed by atoms with Crippen LogP contribution in [0, 0.1) is 11.7 Å². The summed E-state index contributed by atoms with van der Waals surface area (Å²) in [5.74, 6) is 0.0605. The van der Waals surface area contributed by atoms with E-state index < -0.39 is 17.5 Å². The van der Waals surface area contributed by atoms with Crippen LogP contribution in [0.3, 0.4) is 0 Å². The van der Waals surface area contributed by atoms with Gasteiger partial charge < -0.3 is 9.47 Å². The second-order valence-electron chi connectivity index (χ2n) is 6.87. The number of benzene rings is 1. The third kappa shape index (κ3) is 4.24. The molecule has 0 radical (unpaired) electrons. The van der Waals surface area contributed by atoms with Crippen LogP contribution in [0.1, 0.15) is 39.7 Å². The fraction of sp³-hybridized carbons (Fsp3) is 0.500. The lowest BCUT2D eigenvalue weighted by Gasteiger charge is -2.34. The first kappa shape index (κ1) is 17.3. The summed E-state index contributed by atoms with van der Waals surface area (Å²) in [5.41, 5.74) is 0.744. The van der Waals surface area contributed by atoms with Gasteiger partial charge in [0.15, 0.2) is 11.6 Å². The van der Waals surface area contributed by atoms with Gasteiger partial charge >= 0.3 is 6.09 Å². The van der Waals surface area contributed by atoms with Gasteiger partial charge in [-0.05, 0) is 51.3 Å². The first-order chi connectivity index (χ1) is 10.7. The molecule has 0 aliphatic carbocycles. The average molecular weight is 321 g/mol. The van der Waals surface area contributed by atoms with Crippen LogP contribution in [0.5, 0.6) is 5.75 Å². The van der Waals surface area contributed by atoms with Gasteiger partial charge in [0.1, 0.15) is 5.60 Å². The summed E-state index contributed by atoms with van der Waals surface area (Å²) in [6.07, 6.45) is 2.38. The quantitative estimate of drug-likeness (QED) is 0.807. The van der Waals surface area contributed by atoms with E-state index >= 15 is 0 Å². The van der Waals surface area contributed by atoms with Gasteiger partial charge in [-0.15, -0.1) is 0 Å². The highest BCUT2D eigenvalue weighted by atomic mass is 19.1. The van der Waals surface area contributed by atoms with Crippen molar-refractivity contribution < 1.29 is 18.7 Å². The number of hydrogen-bond acceptors (Lipinski definition) is 3. The number of hydrogen-bond donors (Lipinski definition) is 0. The summed E-state index contributed by atoms with van der Waals surface area (Å²) in [6, 6.07) is 4.70. The molecule has 1 aromatic rings. The minimum Gasteiger partial charge on any atom is -0.494 e. The van der Waals surface area contributed by atoms with Crippen LogP contribution in [0.25, 0.3) is 5.70 Å². The van der Waals surface area contributed by atoms with Crippen LogP contribution < -0.4 is 4.74 Å². The minimum atomic E-state index is -0.575. The third-order valence-electron chi connectivity index (χ3n) is 3.56. The summed E-state index contributed by atoms with van der Waals surface area (Å²) in [6.45, 7) is 8.10. The second-order valence-corrected chi connectivity index (χ2v) is 6.87. The van der Waals surface area contributed by atoms with Gasteiger partial charge in [0.2, 0.25) is 0 Å². The number of allylic oxidation sites excluding steroid dienone is 1. The molecule has 1 aliphatic rings. The van der Waals surface area contributed by atoms with Crippen LogP contribution in [0.4, 0.5) is 9.18 Å². The Kier molecular flexibility index (Phi) is 4.97. The summed E-state index contributed by atoms with van der Waals surface area (Å²) in [4.78, 5) is 14.1. The highest BCUT2D eigenvalue weighted by molar-refractivity contribution is 5.83. The molecule has 0 aromatic heterocycles. The summed E-state index contributed by atoms with van der Waals surface area (Å²) in [7, 11) is 1.42. The highest BCUT2D eigenvalue weighted by Gasteiger charge is 2.29. The molecule has 0 saturated carbocycles. The first-order valence-electron chi connectivity index (χ1n) is 7.76. The summed E-state index contributed by atoms with van der Waals surface area (Å²) in [5, 5.41) is 0. The largest absolute Gasteiger partial charge is 0.494 e. The van der Waals surface area contributed by atoms with E-state index in [0.717, 1.165) is 6.42 Å². The maximum atomic E-state index is 14.0. The third-order valence-corrected chi connectivity index (χ3v) is 3.56. The van der Waals surface area contributed by atoms with Crippen molar-refractivity contribution in [2.24, 2.45) is 5.92 Å². The Bertz CT molecular complexity index is 619. The number of methoxy groups -OCH3 is 1. The lowest BCUT2D eigenvalue weighted by atomic mass is 9.98. The standard InChI is InChI=1S/C18H24FNO3/c1-12-6-8-15(13-7-9-16(22-5)14(19)10-13)20(11-12)17(21)23-18(2,3)4/h7-10,12H,6,11H2,1-5H3. The van der Waals surface area contributed by atoms with Gasteiger partial charge in [-0.3, -0.25) is 4.90 Å². The van der Waals surface area contributed by atoms with Crippen molar-refractivity contribution in [3.05, 3.63) is 35.7 Å². The number of carbonyl (C=O) groups excluding carboxylic acids is 1. The molecule has 2 rings (SSSR count). The summed E-state index contributed by atoms with van der Waals surface area (Å²) < 4.78 is 24.4. The SMILES string of the molecule is COc1ccc(C2=CCC(C)CN2C(=O)OC(C)(C)C)cc1F. The fourth-order valence-electron chi connectivity index (χ4n) is 2.50. The van der Waals surface area contributed by atoms with Gasteiger partial charge in [-0.25, -0.2) is 9.18 Å². The van der Waals surface area contributed by atoms with Crippen molar-refractivity contribution in [3.8, 4) is 5.75 Å². The number of nitrogens with zero attached hydrogens (tertiary/aromatic N) is 1. The van der Waals surface area contributed by atoms with Gasteiger partial charge in [0, 0.05) is 12.1 Å². The Balaban J connectivity index is 2.33. The topological polar surface area (TPSA) is 38.8 Å². The van der Waals surface area contributed by atoms with Gasteiger partial charge in [-0.2, -0.15) is 0 Å². The lowest BCUT2D eigenvalue weighted by molar-refractivity contribution is 0.0327. The van der Waals surface area contributed by atoms with E-state index in [1.807, 2.05) is 26.8 Å². The molecular formula is C18H24FNO3. The zero-order valence-corrected chi connectivity index (χ0v) is 14.4. The second kappa shape index (κ2) is 6.60. The molecule has 0 spiro atoms. The van der Waals surface area contributed by atoms with Crippen molar-refractivity contribution in [1.82, 2.24) is 4.90 Å². The molecule has 23 heavy (non-hydrogen) atoms. The van der Waals surface area contributed by atoms with Crippen molar-refractivity contribution in [2.75, 3.05) is 13.7 Å². The number of halogens is 1. The molecule has 126 valence electrons. The molecule has 1 heterocycles. The van der Waals surface area contributed by atoms with Crippen molar-refractivity contribution in [1.29, 1.82) is 0 Å². The van der Waals surface area contributed by atoms with Gasteiger partial charge in [0.25, 0.3) is 0 Å². The fourth-order valence-corrected chi connectivity index (χ4v) is 2.50. The number of ether oxygens (including phenoxy) is 2. The smallest absolute Gasteiger partial charge is 0.414 e. The molecule has 1 aliphatic heterocycles. The average Bonchev–Trinajstić information content (AvgIpc) is 2.45. The molecule has 0 saturated heterocycles. The number of carbonyl (C=O) groups is 1. The van der Waals surface area contributed by atoms with Crippen molar-refractivity contribution in [3.63, 3.8) is 0 Å². The van der Waals surface area contributed by atoms with Crippen LogP contribution in [0.15, 0.2) is 24.3 Å². The van der Waals surface area contributed by atoms with Crippen molar-refractivity contribution >= 4 is 11.8 Å². The van der Waals surface area contributed by atoms with E-state index in [1.54, 1.807) is 17.0 Å². The maximum Gasteiger partial charge on any atom is 0.414 e. The maximum absolute atomic E-state index is 14.0. The number of amides is 1. The summed E-state index contributed by atoms with van der Waals surface area (Å²) >= 11 is 0. The molecule has 5 heteroatoms. The Morgan fingerprint density at radius 2 is 2.04 bits per heavy atom. The normalized spacial score (nSPS) is 18.4. The molecule has 1 unspecified atom stereocenters. The molecule has 0 N–H and O–H groups in total. The van der Waals surface area contributed by atoms with E-state index in [2.05, 4.69) is 6.92 Å². The Hall–Kier alpha value is -2.04. The molecule has 0 bridgehead atoms. The van der Waals surface area contributed by atoms with E-state index in [-0.39, 0.29) is 5.75 Å². The molecule has 0 fully saturated rings. The monoisotopic (exact) mass is 321 g/mol. The zero-order valence-electron chi connectivity index (χ0n) is 14.4. The van der Waals surface area contributed by atoms with Crippen molar-refractivity contribution in [2.45, 2.75) is 39.7 Å². The van der Waals surface area contributed by atoms with Crippen LogP contribution >= 0.6 is 0 Å². The lowest BCUT2D eigenvalue weighted by Crippen LogP contribution is -2.39. The van der Waals surface area contributed by atoms with Crippen LogP contribution in [-0.4, -0.2) is 30.2 Å². The molecule has 1 atom stereocenters. The Morgan fingerprint density at radius 1 is 1.35 bits per heavy atom. The number of rotatable bonds is 2. The first-order valence-corrected chi connectivity index (χ1v) is 7.76. The van der Waals surface area contributed by atoms with Gasteiger partial charge in [-0.1, -0.05) is 13.0 Å². The Labute approximate surface area is 136 Å².